The number of carbonyl (C=O) groups excluding carboxylic acids is 4. The molecule has 4 rings (SSSR count). The van der Waals surface area contributed by atoms with Gasteiger partial charge in [0.2, 0.25) is 0 Å². The summed E-state index contributed by atoms with van der Waals surface area (Å²) in [5.74, 6) is -1.64. The van der Waals surface area contributed by atoms with Crippen LogP contribution in [0.3, 0.4) is 0 Å². The van der Waals surface area contributed by atoms with Crippen molar-refractivity contribution >= 4 is 47.2 Å². The smallest absolute Gasteiger partial charge is 0.267 e. The first-order valence-electron chi connectivity index (χ1n) is 16.4. The second kappa shape index (κ2) is 18.4. The second-order valence-electron chi connectivity index (χ2n) is 11.9. The van der Waals surface area contributed by atoms with Gasteiger partial charge in [-0.05, 0) is 84.7 Å². The average molecular weight is 673 g/mol. The summed E-state index contributed by atoms with van der Waals surface area (Å²) in [6.07, 6.45) is 4.40. The number of anilines is 2. The van der Waals surface area contributed by atoms with Gasteiger partial charge >= 0.3 is 0 Å². The van der Waals surface area contributed by atoms with Gasteiger partial charge in [0.25, 0.3) is 23.6 Å². The van der Waals surface area contributed by atoms with E-state index in [4.69, 9.17) is 0 Å². The standard InChI is InChI=1S/C40H44N6O4/c1-45(2)33-21-17-29(18-22-33)27-35(43-37(47)31-13-7-5-8-14-31)39(49)41-25-11-12-26-42-40(50)36(44-38(48)32-15-9-6-10-16-32)28-30-19-23-34(24-20-30)46(3)4/h5-10,13-24,27-28H,11-12,25-26H2,1-4H3,(H,41,49)(H,42,50)(H,43,47)(H,44,48)/b35-27-,36-28-. The van der Waals surface area contributed by atoms with Crippen molar-refractivity contribution in [2.45, 2.75) is 12.8 Å². The van der Waals surface area contributed by atoms with Gasteiger partial charge in [-0.25, -0.2) is 0 Å². The second-order valence-corrected chi connectivity index (χ2v) is 11.9. The molecule has 0 saturated heterocycles. The molecular formula is C40H44N6O4. The third-order valence-electron chi connectivity index (χ3n) is 7.67. The molecule has 0 heterocycles. The van der Waals surface area contributed by atoms with Crippen LogP contribution in [0.25, 0.3) is 12.2 Å². The Morgan fingerprint density at radius 3 is 1.16 bits per heavy atom. The fraction of sp³-hybridized carbons (Fsp3) is 0.200. The molecule has 0 radical (unpaired) electrons. The molecule has 0 unspecified atom stereocenters. The lowest BCUT2D eigenvalue weighted by atomic mass is 10.1. The minimum atomic E-state index is -0.427. The van der Waals surface area contributed by atoms with E-state index in [9.17, 15) is 19.2 Å². The van der Waals surface area contributed by atoms with Crippen molar-refractivity contribution in [1.82, 2.24) is 21.3 Å². The molecule has 10 heteroatoms. The molecule has 4 aromatic rings. The maximum absolute atomic E-state index is 13.2. The van der Waals surface area contributed by atoms with Gasteiger partial charge in [0.05, 0.1) is 0 Å². The Kier molecular flexibility index (Phi) is 13.5. The number of hydrogen-bond donors (Lipinski definition) is 4. The minimum absolute atomic E-state index is 0.118. The van der Waals surface area contributed by atoms with Crippen LogP contribution in [-0.4, -0.2) is 64.9 Å². The first-order valence-corrected chi connectivity index (χ1v) is 16.4. The van der Waals surface area contributed by atoms with Crippen molar-refractivity contribution < 1.29 is 19.2 Å². The van der Waals surface area contributed by atoms with Crippen LogP contribution in [0.1, 0.15) is 44.7 Å². The van der Waals surface area contributed by atoms with Gasteiger partial charge in [0.1, 0.15) is 11.4 Å². The lowest BCUT2D eigenvalue weighted by Crippen LogP contribution is -2.36. The lowest BCUT2D eigenvalue weighted by molar-refractivity contribution is -0.118. The molecule has 0 atom stereocenters. The summed E-state index contributed by atoms with van der Waals surface area (Å²) < 4.78 is 0. The van der Waals surface area contributed by atoms with E-state index in [-0.39, 0.29) is 11.4 Å². The molecule has 10 nitrogen and oxygen atoms in total. The van der Waals surface area contributed by atoms with Crippen molar-refractivity contribution in [3.05, 3.63) is 143 Å². The van der Waals surface area contributed by atoms with Crippen LogP contribution in [0.15, 0.2) is 121 Å². The minimum Gasteiger partial charge on any atom is -0.378 e. The topological polar surface area (TPSA) is 123 Å². The van der Waals surface area contributed by atoms with Gasteiger partial charge in [0, 0.05) is 63.8 Å². The average Bonchev–Trinajstić information content (AvgIpc) is 3.13. The lowest BCUT2D eigenvalue weighted by Gasteiger charge is -2.14. The molecule has 0 aliphatic rings. The quantitative estimate of drug-likeness (QED) is 0.103. The molecule has 50 heavy (non-hydrogen) atoms. The first-order chi connectivity index (χ1) is 24.1. The highest BCUT2D eigenvalue weighted by Crippen LogP contribution is 2.16. The van der Waals surface area contributed by atoms with Crippen LogP contribution >= 0.6 is 0 Å². The van der Waals surface area contributed by atoms with Crippen molar-refractivity contribution in [2.75, 3.05) is 51.1 Å². The number of unbranched alkanes of at least 4 members (excludes halogenated alkanes) is 1. The normalized spacial score (nSPS) is 11.3. The summed E-state index contributed by atoms with van der Waals surface area (Å²) in [4.78, 5) is 56.3. The molecular weight excluding hydrogens is 628 g/mol. The van der Waals surface area contributed by atoms with E-state index in [0.717, 1.165) is 22.5 Å². The predicted molar refractivity (Wildman–Crippen MR) is 201 cm³/mol. The van der Waals surface area contributed by atoms with Crippen molar-refractivity contribution in [3.63, 3.8) is 0 Å². The number of nitrogens with one attached hydrogen (secondary N) is 4. The third-order valence-corrected chi connectivity index (χ3v) is 7.67. The molecule has 0 aliphatic carbocycles. The Morgan fingerprint density at radius 1 is 0.500 bits per heavy atom. The number of hydrogen-bond acceptors (Lipinski definition) is 6. The first kappa shape index (κ1) is 36.7. The summed E-state index contributed by atoms with van der Waals surface area (Å²) in [6, 6.07) is 32.6. The highest BCUT2D eigenvalue weighted by atomic mass is 16.2. The molecule has 4 amide bonds. The zero-order valence-corrected chi connectivity index (χ0v) is 28.9. The number of carbonyl (C=O) groups is 4. The molecule has 4 aromatic carbocycles. The molecule has 0 bridgehead atoms. The van der Waals surface area contributed by atoms with E-state index in [2.05, 4.69) is 21.3 Å². The SMILES string of the molecule is CN(C)c1ccc(/C=C(\NC(=O)c2ccccc2)C(=O)NCCCCNC(=O)/C(=C/c2ccc(N(C)C)cc2)NC(=O)c2ccccc2)cc1. The third kappa shape index (κ3) is 11.2. The number of amides is 4. The van der Waals surface area contributed by atoms with E-state index in [1.807, 2.05) is 98.7 Å². The van der Waals surface area contributed by atoms with Gasteiger partial charge in [-0.15, -0.1) is 0 Å². The van der Waals surface area contributed by atoms with Crippen LogP contribution in [0.4, 0.5) is 11.4 Å². The molecule has 258 valence electrons. The van der Waals surface area contributed by atoms with Gasteiger partial charge in [-0.1, -0.05) is 60.7 Å². The van der Waals surface area contributed by atoms with Crippen LogP contribution in [0.5, 0.6) is 0 Å². The number of benzene rings is 4. The summed E-state index contributed by atoms with van der Waals surface area (Å²) >= 11 is 0. The Morgan fingerprint density at radius 2 is 0.840 bits per heavy atom. The van der Waals surface area contributed by atoms with Gasteiger partial charge in [0.15, 0.2) is 0 Å². The number of rotatable bonds is 15. The maximum atomic E-state index is 13.2. The Bertz CT molecular complexity index is 1670. The van der Waals surface area contributed by atoms with E-state index < -0.39 is 23.6 Å². The summed E-state index contributed by atoms with van der Waals surface area (Å²) in [6.45, 7) is 0.636. The van der Waals surface area contributed by atoms with E-state index in [1.54, 1.807) is 60.7 Å². The molecule has 0 aromatic heterocycles. The van der Waals surface area contributed by atoms with Crippen molar-refractivity contribution in [2.24, 2.45) is 0 Å². The van der Waals surface area contributed by atoms with Gasteiger partial charge < -0.3 is 31.1 Å². The zero-order chi connectivity index (χ0) is 35.9. The summed E-state index contributed by atoms with van der Waals surface area (Å²) in [5.41, 5.74) is 4.64. The van der Waals surface area contributed by atoms with Crippen molar-refractivity contribution in [1.29, 1.82) is 0 Å². The van der Waals surface area contributed by atoms with Crippen molar-refractivity contribution in [3.8, 4) is 0 Å². The largest absolute Gasteiger partial charge is 0.378 e. The molecule has 0 fully saturated rings. The molecule has 0 saturated carbocycles. The molecule has 4 N–H and O–H groups in total. The molecule has 0 spiro atoms. The molecule has 0 aliphatic heterocycles. The zero-order valence-electron chi connectivity index (χ0n) is 28.9. The predicted octanol–water partition coefficient (Wildman–Crippen LogP) is 5.07. The van der Waals surface area contributed by atoms with E-state index in [0.29, 0.717) is 37.1 Å². The summed E-state index contributed by atoms with van der Waals surface area (Å²) in [7, 11) is 7.78. The maximum Gasteiger partial charge on any atom is 0.267 e. The van der Waals surface area contributed by atoms with Crippen LogP contribution in [0.2, 0.25) is 0 Å². The number of nitrogens with zero attached hydrogens (tertiary/aromatic N) is 2. The van der Waals surface area contributed by atoms with Gasteiger partial charge in [-0.3, -0.25) is 19.2 Å². The van der Waals surface area contributed by atoms with Crippen LogP contribution in [-0.2, 0) is 9.59 Å². The Labute approximate surface area is 293 Å². The fourth-order valence-corrected chi connectivity index (χ4v) is 4.80. The highest BCUT2D eigenvalue weighted by molar-refractivity contribution is 6.06. The van der Waals surface area contributed by atoms with E-state index >= 15 is 0 Å². The summed E-state index contributed by atoms with van der Waals surface area (Å²) in [5, 5.41) is 11.3. The van der Waals surface area contributed by atoms with E-state index in [1.165, 1.54) is 0 Å². The fourth-order valence-electron chi connectivity index (χ4n) is 4.80. The monoisotopic (exact) mass is 672 g/mol. The Balaban J connectivity index is 1.35. The van der Waals surface area contributed by atoms with Crippen LogP contribution in [0, 0.1) is 0 Å². The highest BCUT2D eigenvalue weighted by Gasteiger charge is 2.16. The Hall–Kier alpha value is -6.16. The van der Waals surface area contributed by atoms with Gasteiger partial charge in [-0.2, -0.15) is 0 Å². The van der Waals surface area contributed by atoms with Crippen LogP contribution < -0.4 is 31.1 Å².